The van der Waals surface area contributed by atoms with Gasteiger partial charge in [-0.15, -0.1) is 5.10 Å². The summed E-state index contributed by atoms with van der Waals surface area (Å²) in [5.74, 6) is 0.827. The molecule has 3 heterocycles. The minimum Gasteiger partial charge on any atom is -0.492 e. The predicted molar refractivity (Wildman–Crippen MR) is 115 cm³/mol. The quantitative estimate of drug-likeness (QED) is 0.594. The number of aromatic hydroxyl groups is 1. The van der Waals surface area contributed by atoms with E-state index in [2.05, 4.69) is 19.9 Å². The Balaban J connectivity index is 1.73. The fraction of sp³-hybridized carbons (Fsp3) is 0.474. The first-order valence-electron chi connectivity index (χ1n) is 9.61. The van der Waals surface area contributed by atoms with Gasteiger partial charge in [-0.3, -0.25) is 9.80 Å². The monoisotopic (exact) mass is 455 g/mol. The van der Waals surface area contributed by atoms with Crippen molar-refractivity contribution in [2.75, 3.05) is 39.3 Å². The number of halogens is 2. The number of aromatic nitrogens is 3. The van der Waals surface area contributed by atoms with Gasteiger partial charge in [-0.1, -0.05) is 47.5 Å². The van der Waals surface area contributed by atoms with Gasteiger partial charge in [0.1, 0.15) is 0 Å². The molecule has 10 heteroatoms. The number of nitrogens with zero attached hydrogens (tertiary/aromatic N) is 5. The largest absolute Gasteiger partial charge is 0.492 e. The molecule has 2 aromatic heterocycles. The molecule has 0 aliphatic carbocycles. The van der Waals surface area contributed by atoms with E-state index in [1.807, 2.05) is 19.1 Å². The van der Waals surface area contributed by atoms with Crippen LogP contribution in [0.5, 0.6) is 5.88 Å². The minimum absolute atomic E-state index is 0.117. The zero-order valence-electron chi connectivity index (χ0n) is 16.1. The zero-order valence-corrected chi connectivity index (χ0v) is 18.4. The van der Waals surface area contributed by atoms with E-state index in [1.165, 1.54) is 15.9 Å². The van der Waals surface area contributed by atoms with Gasteiger partial charge < -0.3 is 10.2 Å². The lowest BCUT2D eigenvalue weighted by molar-refractivity contribution is 0.0945. The maximum Gasteiger partial charge on any atom is 0.230 e. The highest BCUT2D eigenvalue weighted by Gasteiger charge is 2.32. The van der Waals surface area contributed by atoms with Crippen molar-refractivity contribution in [1.82, 2.24) is 24.4 Å². The lowest BCUT2D eigenvalue weighted by Crippen LogP contribution is -2.48. The van der Waals surface area contributed by atoms with Crippen LogP contribution in [0.3, 0.4) is 0 Å². The third kappa shape index (κ3) is 4.10. The van der Waals surface area contributed by atoms with Gasteiger partial charge in [0.05, 0.1) is 27.6 Å². The molecule has 4 rings (SSSR count). The van der Waals surface area contributed by atoms with E-state index in [9.17, 15) is 10.2 Å². The van der Waals surface area contributed by atoms with Crippen molar-refractivity contribution in [2.45, 2.75) is 19.4 Å². The topological polar surface area (TPSA) is 77.1 Å². The Morgan fingerprint density at radius 2 is 1.93 bits per heavy atom. The Morgan fingerprint density at radius 3 is 2.55 bits per heavy atom. The van der Waals surface area contributed by atoms with Crippen molar-refractivity contribution in [3.63, 3.8) is 0 Å². The average molecular weight is 456 g/mol. The second-order valence-electron chi connectivity index (χ2n) is 7.04. The van der Waals surface area contributed by atoms with E-state index in [4.69, 9.17) is 23.2 Å². The van der Waals surface area contributed by atoms with Crippen LogP contribution in [0.2, 0.25) is 10.0 Å². The van der Waals surface area contributed by atoms with Crippen LogP contribution >= 0.6 is 34.5 Å². The number of thiazole rings is 1. The molecule has 1 fully saturated rings. The number of piperazine rings is 1. The highest BCUT2D eigenvalue weighted by atomic mass is 35.5. The fourth-order valence-corrected chi connectivity index (χ4v) is 5.16. The summed E-state index contributed by atoms with van der Waals surface area (Å²) in [6.07, 6.45) is 0.714. The lowest BCUT2D eigenvalue weighted by atomic mass is 10.0. The summed E-state index contributed by atoms with van der Waals surface area (Å²) in [4.78, 5) is 10.5. The molecule has 7 nitrogen and oxygen atoms in total. The van der Waals surface area contributed by atoms with Crippen LogP contribution in [0.25, 0.3) is 4.96 Å². The number of hydrogen-bond acceptors (Lipinski definition) is 7. The summed E-state index contributed by atoms with van der Waals surface area (Å²) in [6, 6.07) is 5.42. The number of aryl methyl sites for hydroxylation is 1. The Kier molecular flexibility index (Phi) is 6.29. The molecule has 0 radical (unpaired) electrons. The summed E-state index contributed by atoms with van der Waals surface area (Å²) >= 11 is 13.9. The van der Waals surface area contributed by atoms with Gasteiger partial charge in [0.2, 0.25) is 10.8 Å². The molecule has 1 unspecified atom stereocenters. The smallest absolute Gasteiger partial charge is 0.230 e. The van der Waals surface area contributed by atoms with Gasteiger partial charge in [-0.05, 0) is 17.7 Å². The molecule has 2 N–H and O–H groups in total. The third-order valence-electron chi connectivity index (χ3n) is 5.26. The first kappa shape index (κ1) is 20.8. The van der Waals surface area contributed by atoms with E-state index < -0.39 is 0 Å². The van der Waals surface area contributed by atoms with Gasteiger partial charge in [0.25, 0.3) is 0 Å². The molecule has 1 aromatic carbocycles. The zero-order chi connectivity index (χ0) is 20.5. The molecular weight excluding hydrogens is 433 g/mol. The molecule has 29 heavy (non-hydrogen) atoms. The molecule has 0 bridgehead atoms. The van der Waals surface area contributed by atoms with Gasteiger partial charge in [-0.2, -0.15) is 4.52 Å². The van der Waals surface area contributed by atoms with Gasteiger partial charge >= 0.3 is 0 Å². The number of hydrogen-bond donors (Lipinski definition) is 2. The molecule has 3 aromatic rings. The molecule has 0 amide bonds. The van der Waals surface area contributed by atoms with Gasteiger partial charge in [0.15, 0.2) is 5.82 Å². The Labute approximate surface area is 183 Å². The Bertz CT molecular complexity index is 1000. The van der Waals surface area contributed by atoms with E-state index in [1.54, 1.807) is 6.07 Å². The summed E-state index contributed by atoms with van der Waals surface area (Å²) in [5, 5.41) is 25.6. The van der Waals surface area contributed by atoms with Crippen molar-refractivity contribution in [3.8, 4) is 5.88 Å². The van der Waals surface area contributed by atoms with Gasteiger partial charge in [0, 0.05) is 39.1 Å². The molecule has 1 saturated heterocycles. The van der Waals surface area contributed by atoms with Crippen LogP contribution in [0.15, 0.2) is 18.2 Å². The first-order valence-corrected chi connectivity index (χ1v) is 11.2. The van der Waals surface area contributed by atoms with Crippen LogP contribution in [-0.2, 0) is 6.42 Å². The van der Waals surface area contributed by atoms with Crippen LogP contribution < -0.4 is 0 Å². The van der Waals surface area contributed by atoms with E-state index in [0.29, 0.717) is 33.8 Å². The molecule has 1 atom stereocenters. The second kappa shape index (κ2) is 8.75. The van der Waals surface area contributed by atoms with Crippen LogP contribution in [0, 0.1) is 0 Å². The summed E-state index contributed by atoms with van der Waals surface area (Å²) in [7, 11) is 0. The van der Waals surface area contributed by atoms with Crippen molar-refractivity contribution < 1.29 is 10.2 Å². The maximum absolute atomic E-state index is 11.0. The van der Waals surface area contributed by atoms with E-state index >= 15 is 0 Å². The van der Waals surface area contributed by atoms with E-state index in [-0.39, 0.29) is 18.5 Å². The van der Waals surface area contributed by atoms with Crippen molar-refractivity contribution in [2.24, 2.45) is 0 Å². The van der Waals surface area contributed by atoms with Crippen molar-refractivity contribution in [1.29, 1.82) is 0 Å². The fourth-order valence-electron chi connectivity index (χ4n) is 3.72. The van der Waals surface area contributed by atoms with Crippen molar-refractivity contribution >= 4 is 39.5 Å². The average Bonchev–Trinajstić information content (AvgIpc) is 3.26. The summed E-state index contributed by atoms with van der Waals surface area (Å²) in [6.45, 7) is 6.12. The standard InChI is InChI=1S/C19H23Cl2N5O2S/c1-2-15-22-19-26(23-15)18(28)17(29-19)16(12-3-4-13(20)14(21)11-12)25-7-5-24(6-8-25)9-10-27/h3-4,11,16,27-28H,2,5-10H2,1H3. The summed E-state index contributed by atoms with van der Waals surface area (Å²) in [5.41, 5.74) is 0.963. The van der Waals surface area contributed by atoms with Crippen LogP contribution in [0.1, 0.15) is 29.2 Å². The SMILES string of the molecule is CCc1nc2sc(C(c3ccc(Cl)c(Cl)c3)N3CCN(CCO)CC3)c(O)n2n1. The second-order valence-corrected chi connectivity index (χ2v) is 8.87. The normalized spacial score (nSPS) is 17.2. The predicted octanol–water partition coefficient (Wildman–Crippen LogP) is 3.06. The summed E-state index contributed by atoms with van der Waals surface area (Å²) < 4.78 is 1.52. The molecule has 156 valence electrons. The Morgan fingerprint density at radius 1 is 1.17 bits per heavy atom. The van der Waals surface area contributed by atoms with Crippen LogP contribution in [0.4, 0.5) is 0 Å². The number of rotatable bonds is 6. The third-order valence-corrected chi connectivity index (χ3v) is 7.07. The lowest BCUT2D eigenvalue weighted by Gasteiger charge is -2.39. The molecule has 0 spiro atoms. The van der Waals surface area contributed by atoms with Crippen molar-refractivity contribution in [3.05, 3.63) is 44.5 Å². The molecule has 1 aliphatic rings. The molecule has 0 saturated carbocycles. The molecular formula is C19H23Cl2N5O2S. The van der Waals surface area contributed by atoms with E-state index in [0.717, 1.165) is 36.6 Å². The number of fused-ring (bicyclic) bond motifs is 1. The van der Waals surface area contributed by atoms with Gasteiger partial charge in [-0.25, -0.2) is 4.98 Å². The minimum atomic E-state index is -0.181. The Hall–Kier alpha value is -1.42. The number of aliphatic hydroxyl groups is 1. The number of β-amino-alcohol motifs (C(OH)–C–C–N with tert-alkyl or cyclic N) is 1. The van der Waals surface area contributed by atoms with Crippen LogP contribution in [-0.4, -0.2) is 73.9 Å². The molecule has 1 aliphatic heterocycles. The highest BCUT2D eigenvalue weighted by molar-refractivity contribution is 7.17. The maximum atomic E-state index is 11.0. The number of benzene rings is 1. The number of aliphatic hydroxyl groups excluding tert-OH is 1. The first-order chi connectivity index (χ1) is 14.0. The highest BCUT2D eigenvalue weighted by Crippen LogP contribution is 2.41.